The van der Waals surface area contributed by atoms with Crippen molar-refractivity contribution in [3.8, 4) is 0 Å². The number of piperazine rings is 1. The van der Waals surface area contributed by atoms with Crippen molar-refractivity contribution < 1.29 is 24.2 Å². The van der Waals surface area contributed by atoms with Gasteiger partial charge < -0.3 is 25.0 Å². The summed E-state index contributed by atoms with van der Waals surface area (Å²) in [6, 6.07) is 12.0. The minimum atomic E-state index is -1.05. The smallest absolute Gasteiger partial charge is 0.335 e. The molecule has 2 aliphatic rings. The normalized spacial score (nSPS) is 16.9. The van der Waals surface area contributed by atoms with Crippen molar-refractivity contribution in [2.24, 2.45) is 0 Å². The molecule has 4 rings (SSSR count). The fourth-order valence-electron chi connectivity index (χ4n) is 4.20. The predicted octanol–water partition coefficient (Wildman–Crippen LogP) is 1.93. The zero-order chi connectivity index (χ0) is 24.1. The summed E-state index contributed by atoms with van der Waals surface area (Å²) in [7, 11) is 0. The Morgan fingerprint density at radius 1 is 0.912 bits per heavy atom. The maximum absolute atomic E-state index is 12.8. The number of morpholine rings is 1. The van der Waals surface area contributed by atoms with Gasteiger partial charge in [0.05, 0.1) is 36.7 Å². The number of aromatic carboxylic acids is 1. The molecule has 0 aromatic heterocycles. The van der Waals surface area contributed by atoms with Crippen LogP contribution in [0.3, 0.4) is 0 Å². The highest BCUT2D eigenvalue weighted by Crippen LogP contribution is 2.29. The molecule has 2 N–H and O–H groups in total. The van der Waals surface area contributed by atoms with E-state index < -0.39 is 5.97 Å². The molecule has 0 spiro atoms. The van der Waals surface area contributed by atoms with E-state index in [9.17, 15) is 19.5 Å². The van der Waals surface area contributed by atoms with E-state index >= 15 is 0 Å². The highest BCUT2D eigenvalue weighted by atomic mass is 16.5. The second kappa shape index (κ2) is 10.7. The van der Waals surface area contributed by atoms with Gasteiger partial charge in [0.25, 0.3) is 5.91 Å². The fourth-order valence-corrected chi connectivity index (χ4v) is 4.20. The first-order valence-corrected chi connectivity index (χ1v) is 11.5. The molecule has 2 aliphatic heterocycles. The van der Waals surface area contributed by atoms with Crippen LogP contribution in [0.25, 0.3) is 0 Å². The van der Waals surface area contributed by atoms with Crippen LogP contribution in [0.2, 0.25) is 0 Å². The van der Waals surface area contributed by atoms with Crippen molar-refractivity contribution in [2.45, 2.75) is 6.92 Å². The SMILES string of the molecule is Cc1ccc(C(=O)Nc2cc(C(=O)O)ccc2N2CCN(CC(=O)N3CCOCC3)CC2)cc1. The average Bonchev–Trinajstić information content (AvgIpc) is 2.85. The first kappa shape index (κ1) is 23.7. The van der Waals surface area contributed by atoms with Crippen molar-refractivity contribution in [2.75, 3.05) is 69.2 Å². The largest absolute Gasteiger partial charge is 0.478 e. The number of carbonyl (C=O) groups is 3. The number of amides is 2. The summed E-state index contributed by atoms with van der Waals surface area (Å²) in [5, 5.41) is 12.3. The Labute approximate surface area is 198 Å². The topological polar surface area (TPSA) is 102 Å². The average molecular weight is 467 g/mol. The van der Waals surface area contributed by atoms with Crippen LogP contribution in [-0.2, 0) is 9.53 Å². The molecule has 2 heterocycles. The lowest BCUT2D eigenvalue weighted by atomic mass is 10.1. The van der Waals surface area contributed by atoms with Crippen LogP contribution in [0.15, 0.2) is 42.5 Å². The summed E-state index contributed by atoms with van der Waals surface area (Å²) in [5.41, 5.74) is 2.89. The molecule has 9 heteroatoms. The third-order valence-corrected chi connectivity index (χ3v) is 6.24. The zero-order valence-electron chi connectivity index (χ0n) is 19.3. The molecule has 2 aromatic carbocycles. The molecular formula is C25H30N4O5. The van der Waals surface area contributed by atoms with Crippen LogP contribution < -0.4 is 10.2 Å². The highest BCUT2D eigenvalue weighted by molar-refractivity contribution is 6.06. The van der Waals surface area contributed by atoms with Gasteiger partial charge in [-0.1, -0.05) is 17.7 Å². The molecule has 180 valence electrons. The Balaban J connectivity index is 1.44. The van der Waals surface area contributed by atoms with E-state index in [-0.39, 0.29) is 17.4 Å². The summed E-state index contributed by atoms with van der Waals surface area (Å²) in [5.74, 6) is -1.23. The molecule has 2 aromatic rings. The summed E-state index contributed by atoms with van der Waals surface area (Å²) >= 11 is 0. The number of nitrogens with one attached hydrogen (secondary N) is 1. The first-order chi connectivity index (χ1) is 16.4. The van der Waals surface area contributed by atoms with Gasteiger partial charge in [-0.2, -0.15) is 0 Å². The molecule has 0 radical (unpaired) electrons. The van der Waals surface area contributed by atoms with Gasteiger partial charge in [0, 0.05) is 44.8 Å². The number of carboxylic acid groups (broad SMARTS) is 1. The fraction of sp³-hybridized carbons (Fsp3) is 0.400. The molecular weight excluding hydrogens is 436 g/mol. The second-order valence-electron chi connectivity index (χ2n) is 8.61. The number of nitrogens with zero attached hydrogens (tertiary/aromatic N) is 3. The number of hydrogen-bond acceptors (Lipinski definition) is 6. The lowest BCUT2D eigenvalue weighted by Gasteiger charge is -2.37. The van der Waals surface area contributed by atoms with E-state index in [2.05, 4.69) is 15.1 Å². The molecule has 0 saturated carbocycles. The third kappa shape index (κ3) is 5.73. The standard InChI is InChI=1S/C25H30N4O5/c1-18-2-4-19(5-3-18)24(31)26-21-16-20(25(32)33)6-7-22(21)28-10-8-27(9-11-28)17-23(30)29-12-14-34-15-13-29/h2-7,16H,8-15,17H2,1H3,(H,26,31)(H,32,33). The summed E-state index contributed by atoms with van der Waals surface area (Å²) in [6.07, 6.45) is 0. The quantitative estimate of drug-likeness (QED) is 0.671. The van der Waals surface area contributed by atoms with Crippen molar-refractivity contribution in [3.05, 3.63) is 59.2 Å². The molecule has 2 fully saturated rings. The molecule has 9 nitrogen and oxygen atoms in total. The van der Waals surface area contributed by atoms with Gasteiger partial charge in [-0.05, 0) is 37.3 Å². The van der Waals surface area contributed by atoms with Crippen LogP contribution in [0.5, 0.6) is 0 Å². The van der Waals surface area contributed by atoms with Gasteiger partial charge >= 0.3 is 5.97 Å². The molecule has 34 heavy (non-hydrogen) atoms. The van der Waals surface area contributed by atoms with E-state index in [4.69, 9.17) is 4.74 Å². The van der Waals surface area contributed by atoms with Crippen LogP contribution >= 0.6 is 0 Å². The second-order valence-corrected chi connectivity index (χ2v) is 8.61. The van der Waals surface area contributed by atoms with Gasteiger partial charge in [-0.15, -0.1) is 0 Å². The Morgan fingerprint density at radius 3 is 2.21 bits per heavy atom. The first-order valence-electron chi connectivity index (χ1n) is 11.5. The lowest BCUT2D eigenvalue weighted by Crippen LogP contribution is -2.51. The summed E-state index contributed by atoms with van der Waals surface area (Å²) in [6.45, 7) is 7.49. The number of hydrogen-bond donors (Lipinski definition) is 2. The molecule has 0 aliphatic carbocycles. The maximum atomic E-state index is 12.8. The van der Waals surface area contributed by atoms with E-state index in [1.54, 1.807) is 24.3 Å². The van der Waals surface area contributed by atoms with Crippen molar-refractivity contribution >= 4 is 29.2 Å². The zero-order valence-corrected chi connectivity index (χ0v) is 19.3. The number of aryl methyl sites for hydroxylation is 1. The van der Waals surface area contributed by atoms with Gasteiger partial charge in [0.1, 0.15) is 0 Å². The van der Waals surface area contributed by atoms with Crippen LogP contribution in [0.1, 0.15) is 26.3 Å². The minimum Gasteiger partial charge on any atom is -0.478 e. The molecule has 0 unspecified atom stereocenters. The van der Waals surface area contributed by atoms with E-state index in [0.717, 1.165) is 11.3 Å². The third-order valence-electron chi connectivity index (χ3n) is 6.24. The molecule has 0 bridgehead atoms. The Hall–Kier alpha value is -3.43. The Morgan fingerprint density at radius 2 is 1.56 bits per heavy atom. The lowest BCUT2D eigenvalue weighted by molar-refractivity contribution is -0.136. The Bertz CT molecular complexity index is 1040. The van der Waals surface area contributed by atoms with Crippen molar-refractivity contribution in [3.63, 3.8) is 0 Å². The van der Waals surface area contributed by atoms with E-state index in [1.165, 1.54) is 6.07 Å². The highest BCUT2D eigenvalue weighted by Gasteiger charge is 2.25. The maximum Gasteiger partial charge on any atom is 0.335 e. The van der Waals surface area contributed by atoms with Crippen molar-refractivity contribution in [1.29, 1.82) is 0 Å². The number of ether oxygens (including phenoxy) is 1. The molecule has 2 amide bonds. The molecule has 0 atom stereocenters. The Kier molecular flexibility index (Phi) is 7.44. The number of anilines is 2. The summed E-state index contributed by atoms with van der Waals surface area (Å²) in [4.78, 5) is 43.0. The van der Waals surface area contributed by atoms with E-state index in [1.807, 2.05) is 24.0 Å². The molecule has 2 saturated heterocycles. The predicted molar refractivity (Wildman–Crippen MR) is 129 cm³/mol. The van der Waals surface area contributed by atoms with Gasteiger partial charge in [-0.3, -0.25) is 14.5 Å². The van der Waals surface area contributed by atoms with Crippen LogP contribution in [-0.4, -0.2) is 91.7 Å². The van der Waals surface area contributed by atoms with Crippen molar-refractivity contribution in [1.82, 2.24) is 9.80 Å². The van der Waals surface area contributed by atoms with E-state index in [0.29, 0.717) is 70.3 Å². The van der Waals surface area contributed by atoms with Gasteiger partial charge in [0.2, 0.25) is 5.91 Å². The minimum absolute atomic E-state index is 0.109. The number of rotatable bonds is 6. The van der Waals surface area contributed by atoms with Gasteiger partial charge in [0.15, 0.2) is 0 Å². The number of benzene rings is 2. The number of carboxylic acids is 1. The number of carbonyl (C=O) groups excluding carboxylic acids is 2. The summed E-state index contributed by atoms with van der Waals surface area (Å²) < 4.78 is 5.32. The van der Waals surface area contributed by atoms with Gasteiger partial charge in [-0.25, -0.2) is 4.79 Å². The monoisotopic (exact) mass is 466 g/mol. The van der Waals surface area contributed by atoms with Crippen LogP contribution in [0.4, 0.5) is 11.4 Å². The van der Waals surface area contributed by atoms with Crippen LogP contribution in [0, 0.1) is 6.92 Å².